The van der Waals surface area contributed by atoms with E-state index < -0.39 is 6.10 Å². The Kier molecular flexibility index (Phi) is 5.47. The topological polar surface area (TPSA) is 49.8 Å². The van der Waals surface area contributed by atoms with Crippen molar-refractivity contribution >= 4 is 29.1 Å². The second-order valence-corrected chi connectivity index (χ2v) is 6.69. The highest BCUT2D eigenvalue weighted by Crippen LogP contribution is 2.33. The molecule has 1 N–H and O–H groups in total. The summed E-state index contributed by atoms with van der Waals surface area (Å²) in [5.41, 5.74) is 0.652. The molecule has 132 valence electrons. The SMILES string of the molecule is O=C(COc1ccc(Cl)c(Cl)c1)N1C[C@@H](O)C[C@H]1c1cccc(F)c1. The number of aliphatic hydroxyl groups is 1. The minimum Gasteiger partial charge on any atom is -0.484 e. The van der Waals surface area contributed by atoms with Crippen molar-refractivity contribution in [1.29, 1.82) is 0 Å². The van der Waals surface area contributed by atoms with Gasteiger partial charge in [0.05, 0.1) is 22.2 Å². The molecule has 1 fully saturated rings. The van der Waals surface area contributed by atoms with Gasteiger partial charge < -0.3 is 14.7 Å². The molecule has 1 amide bonds. The number of β-amino-alcohol motifs (C(OH)–C–C–N with tert-alkyl or cyclic N) is 1. The molecule has 7 heteroatoms. The molecule has 0 saturated carbocycles. The van der Waals surface area contributed by atoms with Crippen LogP contribution in [-0.2, 0) is 4.79 Å². The van der Waals surface area contributed by atoms with Gasteiger partial charge in [-0.3, -0.25) is 4.79 Å². The van der Waals surface area contributed by atoms with Crippen LogP contribution in [-0.4, -0.2) is 35.2 Å². The monoisotopic (exact) mass is 383 g/mol. The van der Waals surface area contributed by atoms with Crippen LogP contribution in [0.4, 0.5) is 4.39 Å². The molecule has 0 aliphatic carbocycles. The van der Waals surface area contributed by atoms with E-state index in [0.717, 1.165) is 0 Å². The van der Waals surface area contributed by atoms with Gasteiger partial charge in [-0.25, -0.2) is 4.39 Å². The minimum atomic E-state index is -0.651. The fraction of sp³-hybridized carbons (Fsp3) is 0.278. The van der Waals surface area contributed by atoms with Crippen molar-refractivity contribution < 1.29 is 19.0 Å². The van der Waals surface area contributed by atoms with E-state index in [1.165, 1.54) is 23.1 Å². The first-order chi connectivity index (χ1) is 11.9. The summed E-state index contributed by atoms with van der Waals surface area (Å²) >= 11 is 11.8. The van der Waals surface area contributed by atoms with E-state index in [1.807, 2.05) is 0 Å². The van der Waals surface area contributed by atoms with Crippen molar-refractivity contribution in [2.24, 2.45) is 0 Å². The summed E-state index contributed by atoms with van der Waals surface area (Å²) in [6.45, 7) is -0.0265. The molecular weight excluding hydrogens is 368 g/mol. The first-order valence-electron chi connectivity index (χ1n) is 7.75. The van der Waals surface area contributed by atoms with E-state index in [0.29, 0.717) is 27.8 Å². The lowest BCUT2D eigenvalue weighted by atomic mass is 10.0. The smallest absolute Gasteiger partial charge is 0.261 e. The summed E-state index contributed by atoms with van der Waals surface area (Å²) in [5, 5.41) is 10.7. The van der Waals surface area contributed by atoms with Crippen LogP contribution in [0.25, 0.3) is 0 Å². The van der Waals surface area contributed by atoms with Crippen LogP contribution in [0.1, 0.15) is 18.0 Å². The summed E-state index contributed by atoms with van der Waals surface area (Å²) in [7, 11) is 0. The van der Waals surface area contributed by atoms with Crippen LogP contribution in [0.2, 0.25) is 10.0 Å². The summed E-state index contributed by atoms with van der Waals surface area (Å²) in [5.74, 6) is -0.250. The molecule has 1 heterocycles. The van der Waals surface area contributed by atoms with Crippen LogP contribution >= 0.6 is 23.2 Å². The van der Waals surface area contributed by atoms with E-state index in [9.17, 15) is 14.3 Å². The summed E-state index contributed by atoms with van der Waals surface area (Å²) in [4.78, 5) is 14.0. The lowest BCUT2D eigenvalue weighted by molar-refractivity contribution is -0.134. The molecule has 25 heavy (non-hydrogen) atoms. The number of likely N-dealkylation sites (tertiary alicyclic amines) is 1. The number of amides is 1. The Balaban J connectivity index is 1.70. The minimum absolute atomic E-state index is 0.185. The third kappa shape index (κ3) is 4.24. The first-order valence-corrected chi connectivity index (χ1v) is 8.50. The molecule has 0 radical (unpaired) electrons. The number of halogens is 3. The van der Waals surface area contributed by atoms with E-state index in [1.54, 1.807) is 24.3 Å². The van der Waals surface area contributed by atoms with Gasteiger partial charge in [0, 0.05) is 12.6 Å². The molecule has 0 bridgehead atoms. The molecule has 0 unspecified atom stereocenters. The molecule has 1 aliphatic heterocycles. The van der Waals surface area contributed by atoms with Crippen LogP contribution < -0.4 is 4.74 Å². The number of benzene rings is 2. The highest BCUT2D eigenvalue weighted by Gasteiger charge is 2.35. The van der Waals surface area contributed by atoms with E-state index in [2.05, 4.69) is 0 Å². The third-order valence-electron chi connectivity index (χ3n) is 4.09. The maximum atomic E-state index is 13.5. The predicted molar refractivity (Wildman–Crippen MR) is 93.4 cm³/mol. The quantitative estimate of drug-likeness (QED) is 0.872. The standard InChI is InChI=1S/C18H16Cl2FNO3/c19-15-5-4-14(8-16(15)20)25-10-18(24)22-9-13(23)7-17(22)11-2-1-3-12(21)6-11/h1-6,8,13,17,23H,7,9-10H2/t13-,17-/m0/s1. The lowest BCUT2D eigenvalue weighted by Crippen LogP contribution is -2.35. The Bertz CT molecular complexity index is 787. The number of hydrogen-bond acceptors (Lipinski definition) is 3. The van der Waals surface area contributed by atoms with Gasteiger partial charge in [0.15, 0.2) is 6.61 Å². The first kappa shape index (κ1) is 18.0. The van der Waals surface area contributed by atoms with Crippen molar-refractivity contribution in [1.82, 2.24) is 4.90 Å². The van der Waals surface area contributed by atoms with E-state index in [-0.39, 0.29) is 30.9 Å². The Labute approximate surface area is 154 Å². The van der Waals surface area contributed by atoms with Crippen molar-refractivity contribution in [3.8, 4) is 5.75 Å². The molecule has 1 saturated heterocycles. The van der Waals surface area contributed by atoms with Crippen LogP contribution in [0.15, 0.2) is 42.5 Å². The van der Waals surface area contributed by atoms with Crippen LogP contribution in [0.3, 0.4) is 0 Å². The van der Waals surface area contributed by atoms with Gasteiger partial charge in [-0.05, 0) is 36.2 Å². The molecule has 3 rings (SSSR count). The van der Waals surface area contributed by atoms with Gasteiger partial charge in [-0.2, -0.15) is 0 Å². The second kappa shape index (κ2) is 7.60. The maximum absolute atomic E-state index is 13.5. The van der Waals surface area contributed by atoms with Crippen LogP contribution in [0.5, 0.6) is 5.75 Å². The van der Waals surface area contributed by atoms with Crippen molar-refractivity contribution in [3.05, 3.63) is 63.9 Å². The van der Waals surface area contributed by atoms with Gasteiger partial charge in [0.2, 0.25) is 0 Å². The maximum Gasteiger partial charge on any atom is 0.261 e. The molecule has 2 atom stereocenters. The van der Waals surface area contributed by atoms with Gasteiger partial charge in [0.25, 0.3) is 5.91 Å². The molecule has 2 aromatic carbocycles. The average Bonchev–Trinajstić information content (AvgIpc) is 2.98. The van der Waals surface area contributed by atoms with Crippen LogP contribution in [0, 0.1) is 5.82 Å². The average molecular weight is 384 g/mol. The Morgan fingerprint density at radius 1 is 1.24 bits per heavy atom. The number of hydrogen-bond donors (Lipinski definition) is 1. The zero-order valence-corrected chi connectivity index (χ0v) is 14.7. The third-order valence-corrected chi connectivity index (χ3v) is 4.83. The number of rotatable bonds is 4. The summed E-state index contributed by atoms with van der Waals surface area (Å²) in [6, 6.07) is 10.4. The highest BCUT2D eigenvalue weighted by molar-refractivity contribution is 6.42. The number of carbonyl (C=O) groups is 1. The Hall–Kier alpha value is -1.82. The largest absolute Gasteiger partial charge is 0.484 e. The van der Waals surface area contributed by atoms with Gasteiger partial charge in [0.1, 0.15) is 11.6 Å². The zero-order chi connectivity index (χ0) is 18.0. The van der Waals surface area contributed by atoms with E-state index >= 15 is 0 Å². The van der Waals surface area contributed by atoms with E-state index in [4.69, 9.17) is 27.9 Å². The lowest BCUT2D eigenvalue weighted by Gasteiger charge is -2.25. The fourth-order valence-electron chi connectivity index (χ4n) is 2.91. The van der Waals surface area contributed by atoms with Crippen molar-refractivity contribution in [2.75, 3.05) is 13.2 Å². The molecule has 4 nitrogen and oxygen atoms in total. The Morgan fingerprint density at radius 3 is 2.76 bits per heavy atom. The Morgan fingerprint density at radius 2 is 2.04 bits per heavy atom. The number of carbonyl (C=O) groups excluding carboxylic acids is 1. The predicted octanol–water partition coefficient (Wildman–Crippen LogP) is 3.85. The normalized spacial score (nSPS) is 19.9. The number of nitrogens with zero attached hydrogens (tertiary/aromatic N) is 1. The van der Waals surface area contributed by atoms with Crippen molar-refractivity contribution in [3.63, 3.8) is 0 Å². The number of aliphatic hydroxyl groups excluding tert-OH is 1. The number of ether oxygens (including phenoxy) is 1. The van der Waals surface area contributed by atoms with Gasteiger partial charge in [-0.15, -0.1) is 0 Å². The molecule has 0 aromatic heterocycles. The summed E-state index contributed by atoms with van der Waals surface area (Å²) < 4.78 is 18.9. The van der Waals surface area contributed by atoms with Gasteiger partial charge >= 0.3 is 0 Å². The summed E-state index contributed by atoms with van der Waals surface area (Å²) in [6.07, 6.45) is -0.288. The molecular formula is C18H16Cl2FNO3. The zero-order valence-electron chi connectivity index (χ0n) is 13.2. The van der Waals surface area contributed by atoms with Gasteiger partial charge in [-0.1, -0.05) is 35.3 Å². The second-order valence-electron chi connectivity index (χ2n) is 5.87. The molecule has 1 aliphatic rings. The fourth-order valence-corrected chi connectivity index (χ4v) is 3.20. The molecule has 0 spiro atoms. The highest BCUT2D eigenvalue weighted by atomic mass is 35.5. The molecule has 2 aromatic rings. The van der Waals surface area contributed by atoms with Crippen molar-refractivity contribution in [2.45, 2.75) is 18.6 Å².